The SMILES string of the molecule is CCCC=C(c1ccc(F)cc1)c1cccc(F)c1. The number of hydrogen-bond donors (Lipinski definition) is 0. The van der Waals surface area contributed by atoms with Gasteiger partial charge in [-0.25, -0.2) is 8.78 Å². The van der Waals surface area contributed by atoms with Gasteiger partial charge in [-0.2, -0.15) is 0 Å². The first kappa shape index (κ1) is 13.5. The predicted octanol–water partition coefficient (Wildman–Crippen LogP) is 5.20. The standard InChI is InChI=1S/C17H16F2/c1-2-3-7-17(13-8-10-15(18)11-9-13)14-5-4-6-16(19)12-14/h4-12H,2-3H2,1H3. The molecule has 0 N–H and O–H groups in total. The van der Waals surface area contributed by atoms with Gasteiger partial charge in [0.05, 0.1) is 0 Å². The van der Waals surface area contributed by atoms with E-state index < -0.39 is 0 Å². The van der Waals surface area contributed by atoms with Crippen LogP contribution in [0.2, 0.25) is 0 Å². The Morgan fingerprint density at radius 2 is 1.68 bits per heavy atom. The minimum absolute atomic E-state index is 0.262. The topological polar surface area (TPSA) is 0 Å². The minimum Gasteiger partial charge on any atom is -0.207 e. The van der Waals surface area contributed by atoms with Crippen molar-refractivity contribution in [3.8, 4) is 0 Å². The Labute approximate surface area is 112 Å². The average molecular weight is 258 g/mol. The molecule has 0 spiro atoms. The zero-order valence-corrected chi connectivity index (χ0v) is 10.9. The molecule has 0 radical (unpaired) electrons. The molecule has 0 amide bonds. The second-order valence-electron chi connectivity index (χ2n) is 4.42. The van der Waals surface area contributed by atoms with Crippen molar-refractivity contribution in [1.82, 2.24) is 0 Å². The summed E-state index contributed by atoms with van der Waals surface area (Å²) in [5.74, 6) is -0.528. The Bertz CT molecular complexity index is 568. The van der Waals surface area contributed by atoms with E-state index in [1.807, 2.05) is 6.07 Å². The van der Waals surface area contributed by atoms with Crippen molar-refractivity contribution in [2.24, 2.45) is 0 Å². The molecule has 2 rings (SSSR count). The fourth-order valence-corrected chi connectivity index (χ4v) is 1.98. The summed E-state index contributed by atoms with van der Waals surface area (Å²) in [4.78, 5) is 0. The van der Waals surface area contributed by atoms with Crippen LogP contribution in [0.4, 0.5) is 8.78 Å². The van der Waals surface area contributed by atoms with E-state index in [4.69, 9.17) is 0 Å². The molecule has 19 heavy (non-hydrogen) atoms. The van der Waals surface area contributed by atoms with Crippen molar-refractivity contribution < 1.29 is 8.78 Å². The molecule has 0 fully saturated rings. The number of halogens is 2. The molecule has 2 heteroatoms. The van der Waals surface area contributed by atoms with Crippen LogP contribution in [0.25, 0.3) is 5.57 Å². The second-order valence-corrected chi connectivity index (χ2v) is 4.42. The van der Waals surface area contributed by atoms with Crippen LogP contribution in [0.3, 0.4) is 0 Å². The van der Waals surface area contributed by atoms with E-state index in [1.165, 1.54) is 24.3 Å². The molecule has 0 saturated heterocycles. The Kier molecular flexibility index (Phi) is 4.45. The zero-order valence-electron chi connectivity index (χ0n) is 10.9. The van der Waals surface area contributed by atoms with Gasteiger partial charge in [-0.15, -0.1) is 0 Å². The summed E-state index contributed by atoms with van der Waals surface area (Å²) in [6.45, 7) is 2.09. The summed E-state index contributed by atoms with van der Waals surface area (Å²) in [5, 5.41) is 0. The molecule has 0 nitrogen and oxygen atoms in total. The molecule has 2 aromatic rings. The van der Waals surface area contributed by atoms with Gasteiger partial charge in [-0.3, -0.25) is 0 Å². The quantitative estimate of drug-likeness (QED) is 0.707. The third-order valence-corrected chi connectivity index (χ3v) is 2.93. The van der Waals surface area contributed by atoms with Gasteiger partial charge < -0.3 is 0 Å². The summed E-state index contributed by atoms with van der Waals surface area (Å²) >= 11 is 0. The van der Waals surface area contributed by atoms with Crippen LogP contribution in [0, 0.1) is 11.6 Å². The Balaban J connectivity index is 2.44. The van der Waals surface area contributed by atoms with Gasteiger partial charge in [0.2, 0.25) is 0 Å². The van der Waals surface area contributed by atoms with Crippen molar-refractivity contribution in [1.29, 1.82) is 0 Å². The normalized spacial score (nSPS) is 11.6. The summed E-state index contributed by atoms with van der Waals surface area (Å²) in [6, 6.07) is 12.8. The number of benzene rings is 2. The maximum Gasteiger partial charge on any atom is 0.123 e. The van der Waals surface area contributed by atoms with Crippen molar-refractivity contribution >= 4 is 5.57 Å². The third kappa shape index (κ3) is 3.50. The van der Waals surface area contributed by atoms with Gasteiger partial charge in [0.25, 0.3) is 0 Å². The first-order valence-electron chi connectivity index (χ1n) is 6.42. The lowest BCUT2D eigenvalue weighted by molar-refractivity contribution is 0.626. The first-order chi connectivity index (χ1) is 9.20. The lowest BCUT2D eigenvalue weighted by Gasteiger charge is -2.09. The van der Waals surface area contributed by atoms with Crippen LogP contribution in [0.1, 0.15) is 30.9 Å². The van der Waals surface area contributed by atoms with Gasteiger partial charge in [0.1, 0.15) is 11.6 Å². The molecule has 0 aromatic heterocycles. The van der Waals surface area contributed by atoms with Crippen molar-refractivity contribution in [3.05, 3.63) is 77.4 Å². The van der Waals surface area contributed by atoms with E-state index >= 15 is 0 Å². The molecule has 2 aromatic carbocycles. The fraction of sp³-hybridized carbons (Fsp3) is 0.176. The third-order valence-electron chi connectivity index (χ3n) is 2.93. The van der Waals surface area contributed by atoms with Gasteiger partial charge >= 0.3 is 0 Å². The van der Waals surface area contributed by atoms with Gasteiger partial charge in [0.15, 0.2) is 0 Å². The molecule has 0 aliphatic carbocycles. The maximum atomic E-state index is 13.3. The lowest BCUT2D eigenvalue weighted by atomic mass is 9.96. The first-order valence-corrected chi connectivity index (χ1v) is 6.42. The maximum absolute atomic E-state index is 13.3. The van der Waals surface area contributed by atoms with Gasteiger partial charge in [-0.1, -0.05) is 43.7 Å². The summed E-state index contributed by atoms with van der Waals surface area (Å²) in [7, 11) is 0. The van der Waals surface area contributed by atoms with E-state index in [2.05, 4.69) is 13.0 Å². The smallest absolute Gasteiger partial charge is 0.123 e. The second kappa shape index (κ2) is 6.28. The van der Waals surface area contributed by atoms with Crippen LogP contribution in [0.5, 0.6) is 0 Å². The van der Waals surface area contributed by atoms with Crippen LogP contribution in [-0.4, -0.2) is 0 Å². The van der Waals surface area contributed by atoms with Crippen molar-refractivity contribution in [2.45, 2.75) is 19.8 Å². The van der Waals surface area contributed by atoms with E-state index in [1.54, 1.807) is 18.2 Å². The van der Waals surface area contributed by atoms with Crippen molar-refractivity contribution in [2.75, 3.05) is 0 Å². The molecule has 0 bridgehead atoms. The summed E-state index contributed by atoms with van der Waals surface area (Å²) in [6.07, 6.45) is 3.99. The predicted molar refractivity (Wildman–Crippen MR) is 74.8 cm³/mol. The Morgan fingerprint density at radius 1 is 0.947 bits per heavy atom. The molecule has 0 aliphatic rings. The highest BCUT2D eigenvalue weighted by molar-refractivity contribution is 5.79. The van der Waals surface area contributed by atoms with Gasteiger partial charge in [0, 0.05) is 0 Å². The van der Waals surface area contributed by atoms with E-state index in [0.717, 1.165) is 29.5 Å². The molecule has 0 atom stereocenters. The number of unbranched alkanes of at least 4 members (excludes halogenated alkanes) is 1. The van der Waals surface area contributed by atoms with Crippen molar-refractivity contribution in [3.63, 3.8) is 0 Å². The zero-order chi connectivity index (χ0) is 13.7. The summed E-state index contributed by atoms with van der Waals surface area (Å²) < 4.78 is 26.3. The van der Waals surface area contributed by atoms with Crippen LogP contribution in [0.15, 0.2) is 54.6 Å². The minimum atomic E-state index is -0.266. The molecular formula is C17H16F2. The molecule has 0 heterocycles. The highest BCUT2D eigenvalue weighted by Crippen LogP contribution is 2.25. The number of allylic oxidation sites excluding steroid dienone is 1. The molecule has 0 unspecified atom stereocenters. The fourth-order valence-electron chi connectivity index (χ4n) is 1.98. The Hall–Kier alpha value is -1.96. The van der Waals surface area contributed by atoms with Crippen LogP contribution < -0.4 is 0 Å². The number of rotatable bonds is 4. The van der Waals surface area contributed by atoms with E-state index in [-0.39, 0.29) is 11.6 Å². The Morgan fingerprint density at radius 3 is 2.32 bits per heavy atom. The summed E-state index contributed by atoms with van der Waals surface area (Å²) in [5.41, 5.74) is 2.67. The van der Waals surface area contributed by atoms with Gasteiger partial charge in [-0.05, 0) is 47.4 Å². The van der Waals surface area contributed by atoms with E-state index in [0.29, 0.717) is 0 Å². The molecule has 98 valence electrons. The van der Waals surface area contributed by atoms with Crippen LogP contribution in [-0.2, 0) is 0 Å². The van der Waals surface area contributed by atoms with Crippen LogP contribution >= 0.6 is 0 Å². The monoisotopic (exact) mass is 258 g/mol. The number of hydrogen-bond acceptors (Lipinski definition) is 0. The van der Waals surface area contributed by atoms with E-state index in [9.17, 15) is 8.78 Å². The largest absolute Gasteiger partial charge is 0.207 e. The molecule has 0 saturated carbocycles. The highest BCUT2D eigenvalue weighted by Gasteiger charge is 2.06. The highest BCUT2D eigenvalue weighted by atomic mass is 19.1. The lowest BCUT2D eigenvalue weighted by Crippen LogP contribution is -1.90. The molecular weight excluding hydrogens is 242 g/mol. The average Bonchev–Trinajstić information content (AvgIpc) is 2.41. The molecule has 0 aliphatic heterocycles.